The zero-order valence-corrected chi connectivity index (χ0v) is 18.5. The van der Waals surface area contributed by atoms with Crippen LogP contribution < -0.4 is 15.4 Å². The van der Waals surface area contributed by atoms with E-state index in [1.807, 2.05) is 30.3 Å². The number of carbonyl (C=O) groups excluding carboxylic acids is 2. The van der Waals surface area contributed by atoms with E-state index in [0.717, 1.165) is 12.8 Å². The Bertz CT molecular complexity index is 952. The predicted molar refractivity (Wildman–Crippen MR) is 124 cm³/mol. The molecule has 0 heterocycles. The van der Waals surface area contributed by atoms with Gasteiger partial charge in [0.05, 0.1) is 24.7 Å². The van der Waals surface area contributed by atoms with E-state index in [4.69, 9.17) is 21.7 Å². The van der Waals surface area contributed by atoms with Crippen molar-refractivity contribution >= 4 is 40.6 Å². The van der Waals surface area contributed by atoms with E-state index in [2.05, 4.69) is 10.6 Å². The fourth-order valence-corrected chi connectivity index (χ4v) is 3.03. The van der Waals surface area contributed by atoms with Gasteiger partial charge < -0.3 is 20.1 Å². The van der Waals surface area contributed by atoms with Crippen LogP contribution in [0.5, 0.6) is 5.75 Å². The van der Waals surface area contributed by atoms with Crippen LogP contribution in [0.3, 0.4) is 0 Å². The Morgan fingerprint density at radius 3 is 2.53 bits per heavy atom. The number of nitrogens with one attached hydrogen (secondary N) is 2. The number of thiocarbonyl (C=S) groups is 1. The molecule has 9 nitrogen and oxygen atoms in total. The minimum atomic E-state index is -0.583. The van der Waals surface area contributed by atoms with E-state index in [-0.39, 0.29) is 35.3 Å². The number of aryl methyl sites for hydroxylation is 1. The highest BCUT2D eigenvalue weighted by Crippen LogP contribution is 2.28. The van der Waals surface area contributed by atoms with Crippen molar-refractivity contribution in [1.82, 2.24) is 5.32 Å². The number of ether oxygens (including phenoxy) is 2. The Hall–Kier alpha value is -3.53. The number of hydrogen-bond acceptors (Lipinski definition) is 7. The highest BCUT2D eigenvalue weighted by atomic mass is 32.1. The molecule has 0 saturated carbocycles. The van der Waals surface area contributed by atoms with Crippen molar-refractivity contribution in [2.45, 2.75) is 32.1 Å². The molecule has 2 rings (SSSR count). The maximum absolute atomic E-state index is 12.0. The van der Waals surface area contributed by atoms with Gasteiger partial charge in [-0.05, 0) is 49.2 Å². The maximum Gasteiger partial charge on any atom is 0.305 e. The molecule has 2 N–H and O–H groups in total. The number of nitro benzene ring substituents is 1. The number of carbonyl (C=O) groups is 2. The third kappa shape index (κ3) is 8.68. The molecule has 0 radical (unpaired) electrons. The summed E-state index contributed by atoms with van der Waals surface area (Å²) in [6, 6.07) is 14.1. The van der Waals surface area contributed by atoms with E-state index in [1.54, 1.807) is 0 Å². The normalized spacial score (nSPS) is 10.2. The second kappa shape index (κ2) is 13.0. The van der Waals surface area contributed by atoms with Gasteiger partial charge in [-0.3, -0.25) is 19.7 Å². The molecule has 0 saturated heterocycles. The molecule has 0 aliphatic rings. The molecule has 0 aromatic heterocycles. The van der Waals surface area contributed by atoms with E-state index < -0.39 is 10.8 Å². The van der Waals surface area contributed by atoms with Gasteiger partial charge in [-0.2, -0.15) is 0 Å². The summed E-state index contributed by atoms with van der Waals surface area (Å²) in [5.74, 6) is -0.444. The minimum absolute atomic E-state index is 0.0612. The molecule has 170 valence electrons. The highest BCUT2D eigenvalue weighted by molar-refractivity contribution is 7.80. The average Bonchev–Trinajstić information content (AvgIpc) is 2.77. The maximum atomic E-state index is 12.0. The number of anilines is 1. The summed E-state index contributed by atoms with van der Waals surface area (Å²) < 4.78 is 10.1. The molecule has 0 atom stereocenters. The zero-order valence-electron chi connectivity index (χ0n) is 17.7. The molecule has 0 unspecified atom stereocenters. The van der Waals surface area contributed by atoms with Gasteiger partial charge in [-0.15, -0.1) is 0 Å². The summed E-state index contributed by atoms with van der Waals surface area (Å²) >= 11 is 5.04. The van der Waals surface area contributed by atoms with Gasteiger partial charge >= 0.3 is 5.97 Å². The molecule has 32 heavy (non-hydrogen) atoms. The minimum Gasteiger partial charge on any atom is -0.496 e. The molecular weight excluding hydrogens is 434 g/mol. The summed E-state index contributed by atoms with van der Waals surface area (Å²) in [6.45, 7) is 0.328. The Kier molecular flexibility index (Phi) is 10.1. The number of rotatable bonds is 11. The highest BCUT2D eigenvalue weighted by Gasteiger charge is 2.17. The molecule has 0 spiro atoms. The Labute approximate surface area is 191 Å². The number of benzene rings is 2. The van der Waals surface area contributed by atoms with E-state index in [0.29, 0.717) is 18.8 Å². The summed E-state index contributed by atoms with van der Waals surface area (Å²) in [6.07, 6.45) is 2.03. The van der Waals surface area contributed by atoms with Gasteiger partial charge in [0.15, 0.2) is 5.11 Å². The predicted octanol–water partition coefficient (Wildman–Crippen LogP) is 3.76. The van der Waals surface area contributed by atoms with E-state index >= 15 is 0 Å². The number of nitro groups is 1. The largest absolute Gasteiger partial charge is 0.496 e. The molecule has 0 fully saturated rings. The van der Waals surface area contributed by atoms with Crippen molar-refractivity contribution in [2.75, 3.05) is 19.0 Å². The summed E-state index contributed by atoms with van der Waals surface area (Å²) in [7, 11) is 1.40. The fraction of sp³-hybridized carbons (Fsp3) is 0.318. The lowest BCUT2D eigenvalue weighted by Crippen LogP contribution is -2.34. The van der Waals surface area contributed by atoms with Crippen LogP contribution in [0.25, 0.3) is 0 Å². The van der Waals surface area contributed by atoms with Crippen LogP contribution in [-0.4, -0.2) is 35.6 Å². The van der Waals surface area contributed by atoms with Gasteiger partial charge in [0.2, 0.25) is 5.91 Å². The number of nitrogens with zero attached hydrogens (tertiary/aromatic N) is 1. The molecule has 0 aliphatic heterocycles. The number of esters is 1. The first-order valence-electron chi connectivity index (χ1n) is 10.0. The number of methoxy groups -OCH3 is 1. The van der Waals surface area contributed by atoms with Gasteiger partial charge in [0.25, 0.3) is 5.69 Å². The summed E-state index contributed by atoms with van der Waals surface area (Å²) in [5.41, 5.74) is 1.07. The first kappa shape index (κ1) is 24.7. The lowest BCUT2D eigenvalue weighted by atomic mass is 10.1. The van der Waals surface area contributed by atoms with Crippen molar-refractivity contribution in [3.05, 3.63) is 64.2 Å². The number of amides is 1. The second-order valence-electron chi connectivity index (χ2n) is 6.81. The molecular formula is C22H25N3O6S. The van der Waals surface area contributed by atoms with Crippen molar-refractivity contribution in [3.8, 4) is 5.75 Å². The van der Waals surface area contributed by atoms with Crippen LogP contribution >= 0.6 is 12.2 Å². The summed E-state index contributed by atoms with van der Waals surface area (Å²) in [5, 5.41) is 16.2. The van der Waals surface area contributed by atoms with Crippen LogP contribution in [0.2, 0.25) is 0 Å². The van der Waals surface area contributed by atoms with Crippen LogP contribution in [0.15, 0.2) is 48.5 Å². The van der Waals surface area contributed by atoms with Crippen LogP contribution in [0.1, 0.15) is 31.2 Å². The first-order valence-corrected chi connectivity index (χ1v) is 10.4. The van der Waals surface area contributed by atoms with E-state index in [1.165, 1.54) is 30.9 Å². The Morgan fingerprint density at radius 2 is 1.84 bits per heavy atom. The molecule has 10 heteroatoms. The second-order valence-corrected chi connectivity index (χ2v) is 7.21. The quantitative estimate of drug-likeness (QED) is 0.171. The topological polar surface area (TPSA) is 120 Å². The van der Waals surface area contributed by atoms with Crippen molar-refractivity contribution in [1.29, 1.82) is 0 Å². The lowest BCUT2D eigenvalue weighted by Gasteiger charge is -2.10. The standard InChI is InChI=1S/C22H25N3O6S/c1-30-17-12-13-18(19(15-17)25(28)29)23-22(32)24-20(26)10-5-11-21(27)31-14-6-9-16-7-3-2-4-8-16/h2-4,7-8,12-13,15H,5-6,9-11,14H2,1H3,(H2,23,24,26,32). The van der Waals surface area contributed by atoms with Gasteiger partial charge in [-0.1, -0.05) is 30.3 Å². The lowest BCUT2D eigenvalue weighted by molar-refractivity contribution is -0.384. The summed E-state index contributed by atoms with van der Waals surface area (Å²) in [4.78, 5) is 34.4. The molecule has 2 aromatic rings. The van der Waals surface area contributed by atoms with Gasteiger partial charge in [-0.25, -0.2) is 0 Å². The van der Waals surface area contributed by atoms with Crippen molar-refractivity contribution in [3.63, 3.8) is 0 Å². The SMILES string of the molecule is COc1ccc(NC(=S)NC(=O)CCCC(=O)OCCCc2ccccc2)c([N+](=O)[O-])c1. The third-order valence-electron chi connectivity index (χ3n) is 4.40. The van der Waals surface area contributed by atoms with Crippen molar-refractivity contribution in [2.24, 2.45) is 0 Å². The van der Waals surface area contributed by atoms with Crippen molar-refractivity contribution < 1.29 is 24.0 Å². The van der Waals surface area contributed by atoms with Gasteiger partial charge in [0.1, 0.15) is 11.4 Å². The molecule has 1 amide bonds. The Morgan fingerprint density at radius 1 is 1.09 bits per heavy atom. The average molecular weight is 460 g/mol. The molecule has 0 aliphatic carbocycles. The van der Waals surface area contributed by atoms with Crippen LogP contribution in [-0.2, 0) is 20.7 Å². The van der Waals surface area contributed by atoms with Gasteiger partial charge in [0, 0.05) is 12.8 Å². The molecule has 2 aromatic carbocycles. The van der Waals surface area contributed by atoms with Crippen LogP contribution in [0.4, 0.5) is 11.4 Å². The third-order valence-corrected chi connectivity index (χ3v) is 4.61. The Balaban J connectivity index is 1.65. The smallest absolute Gasteiger partial charge is 0.305 e. The van der Waals surface area contributed by atoms with E-state index in [9.17, 15) is 19.7 Å². The number of hydrogen-bond donors (Lipinski definition) is 2. The zero-order chi connectivity index (χ0) is 23.3. The monoisotopic (exact) mass is 459 g/mol. The molecule has 0 bridgehead atoms. The first-order chi connectivity index (χ1) is 15.4. The van der Waals surface area contributed by atoms with Crippen LogP contribution in [0, 0.1) is 10.1 Å². The fourth-order valence-electron chi connectivity index (χ4n) is 2.81.